The lowest BCUT2D eigenvalue weighted by Gasteiger charge is -2.05. The molecule has 0 fully saturated rings. The van der Waals surface area contributed by atoms with Crippen LogP contribution in [0.25, 0.3) is 20.9 Å². The molecule has 8 nitrogen and oxygen atoms in total. The van der Waals surface area contributed by atoms with Crippen molar-refractivity contribution in [3.63, 3.8) is 0 Å². The summed E-state index contributed by atoms with van der Waals surface area (Å²) in [5.41, 5.74) is 16.8. The summed E-state index contributed by atoms with van der Waals surface area (Å²) in [5, 5.41) is 5.95. The average Bonchev–Trinajstić information content (AvgIpc) is 2.32. The first-order chi connectivity index (χ1) is 8.51. The van der Waals surface area contributed by atoms with E-state index in [0.717, 1.165) is 0 Å². The molecule has 18 heavy (non-hydrogen) atoms. The topological polar surface area (TPSA) is 132 Å². The number of nitrogens with zero attached hydrogens (tertiary/aromatic N) is 6. The lowest BCUT2D eigenvalue weighted by Crippen LogP contribution is -2.04. The largest absolute Gasteiger partial charge is 0.287 e. The van der Waals surface area contributed by atoms with Gasteiger partial charge in [0.05, 0.1) is 0 Å². The third-order valence-electron chi connectivity index (χ3n) is 1.79. The molecular weight excluding hydrogens is 466 g/mol. The van der Waals surface area contributed by atoms with Crippen LogP contribution in [0.5, 0.6) is 0 Å². The number of benzene rings is 1. The number of hydrogen-bond acceptors (Lipinski definition) is 2. The molecule has 1 aromatic rings. The zero-order valence-electron chi connectivity index (χ0n) is 8.41. The second-order valence-electron chi connectivity index (χ2n) is 2.80. The number of hydrogen-bond donors (Lipinski definition) is 0. The molecule has 0 saturated heterocycles. The highest BCUT2D eigenvalue weighted by Crippen LogP contribution is 2.22. The number of amides is 2. The van der Waals surface area contributed by atoms with Gasteiger partial charge in [-0.2, -0.15) is 0 Å². The molecule has 0 radical (unpaired) electrons. The van der Waals surface area contributed by atoms with Crippen molar-refractivity contribution in [2.45, 2.75) is 0 Å². The van der Waals surface area contributed by atoms with Gasteiger partial charge in [0.15, 0.2) is 0 Å². The van der Waals surface area contributed by atoms with Crippen LogP contribution in [-0.2, 0) is 0 Å². The first-order valence-electron chi connectivity index (χ1n) is 4.19. The van der Waals surface area contributed by atoms with Gasteiger partial charge in [-0.1, -0.05) is 0 Å². The van der Waals surface area contributed by atoms with Crippen molar-refractivity contribution in [3.8, 4) is 0 Å². The van der Waals surface area contributed by atoms with Crippen molar-refractivity contribution < 1.29 is 9.59 Å². The zero-order valence-corrected chi connectivity index (χ0v) is 12.7. The Balaban J connectivity index is 3.36. The highest BCUT2D eigenvalue weighted by Gasteiger charge is 2.15. The van der Waals surface area contributed by atoms with E-state index in [1.807, 2.05) is 45.2 Å². The molecule has 1 rings (SSSR count). The fourth-order valence-corrected chi connectivity index (χ4v) is 2.46. The van der Waals surface area contributed by atoms with Crippen LogP contribution in [0.2, 0.25) is 0 Å². The molecule has 10 heteroatoms. The van der Waals surface area contributed by atoms with Crippen molar-refractivity contribution >= 4 is 57.0 Å². The van der Waals surface area contributed by atoms with Gasteiger partial charge in [-0.05, 0) is 78.6 Å². The van der Waals surface area contributed by atoms with E-state index in [2.05, 4.69) is 20.1 Å². The van der Waals surface area contributed by atoms with Gasteiger partial charge in [-0.25, -0.2) is 0 Å². The Hall–Kier alpha value is -1.36. The summed E-state index contributed by atoms with van der Waals surface area (Å²) >= 11 is 3.65. The van der Waals surface area contributed by atoms with Crippen LogP contribution in [0.15, 0.2) is 22.4 Å². The Bertz CT molecular complexity index is 575. The summed E-state index contributed by atoms with van der Waals surface area (Å²) in [6.07, 6.45) is 0. The lowest BCUT2D eigenvalue weighted by molar-refractivity contribution is 0.0987. The number of carbonyl (C=O) groups is 2. The van der Waals surface area contributed by atoms with E-state index in [0.29, 0.717) is 7.14 Å². The van der Waals surface area contributed by atoms with Gasteiger partial charge in [0.25, 0.3) is 0 Å². The van der Waals surface area contributed by atoms with Crippen molar-refractivity contribution in [3.05, 3.63) is 51.3 Å². The van der Waals surface area contributed by atoms with Crippen LogP contribution in [0.1, 0.15) is 20.7 Å². The Morgan fingerprint density at radius 3 is 1.56 bits per heavy atom. The van der Waals surface area contributed by atoms with Gasteiger partial charge < -0.3 is 0 Å². The van der Waals surface area contributed by atoms with Gasteiger partial charge >= 0.3 is 0 Å². The van der Waals surface area contributed by atoms with Crippen LogP contribution < -0.4 is 0 Å². The van der Waals surface area contributed by atoms with E-state index in [4.69, 9.17) is 11.1 Å². The second-order valence-corrected chi connectivity index (χ2v) is 5.13. The minimum atomic E-state index is -0.734. The number of halogens is 2. The molecule has 0 unspecified atom stereocenters. The van der Waals surface area contributed by atoms with Crippen LogP contribution in [0.3, 0.4) is 0 Å². The summed E-state index contributed by atoms with van der Waals surface area (Å²) < 4.78 is 0.865. The van der Waals surface area contributed by atoms with Crippen molar-refractivity contribution in [1.82, 2.24) is 0 Å². The molecule has 1 aromatic carbocycles. The summed E-state index contributed by atoms with van der Waals surface area (Å²) in [6.45, 7) is 0. The maximum Gasteiger partial charge on any atom is 0.250 e. The summed E-state index contributed by atoms with van der Waals surface area (Å²) in [6, 6.07) is 2.80. The molecule has 0 saturated carbocycles. The fourth-order valence-electron chi connectivity index (χ4n) is 1.06. The third-order valence-corrected chi connectivity index (χ3v) is 3.57. The van der Waals surface area contributed by atoms with E-state index < -0.39 is 11.8 Å². The Labute approximate surface area is 127 Å². The highest BCUT2D eigenvalue weighted by atomic mass is 127. The fraction of sp³-hybridized carbons (Fsp3) is 0. The van der Waals surface area contributed by atoms with Gasteiger partial charge in [-0.3, -0.25) is 9.59 Å². The monoisotopic (exact) mass is 468 g/mol. The normalized spacial score (nSPS) is 9.00. The first-order valence-corrected chi connectivity index (χ1v) is 6.35. The number of carbonyl (C=O) groups excluding carboxylic acids is 2. The summed E-state index contributed by atoms with van der Waals surface area (Å²) in [4.78, 5) is 27.7. The van der Waals surface area contributed by atoms with Gasteiger partial charge in [0.1, 0.15) is 0 Å². The predicted octanol–water partition coefficient (Wildman–Crippen LogP) is 3.80. The minimum Gasteiger partial charge on any atom is -0.287 e. The van der Waals surface area contributed by atoms with Crippen LogP contribution in [0.4, 0.5) is 0 Å². The van der Waals surface area contributed by atoms with Crippen molar-refractivity contribution in [2.24, 2.45) is 10.2 Å². The average molecular weight is 468 g/mol. The molecule has 0 N–H and O–H groups in total. The maximum atomic E-state index is 11.4. The Morgan fingerprint density at radius 1 is 0.944 bits per heavy atom. The molecule has 0 aliphatic heterocycles. The van der Waals surface area contributed by atoms with Gasteiger partial charge in [-0.15, -0.1) is 0 Å². The maximum absolute atomic E-state index is 11.4. The molecular formula is C8H2I2N6O2. The Morgan fingerprint density at radius 2 is 1.28 bits per heavy atom. The SMILES string of the molecule is [N-]=[N+]=NC(=O)c1cc(I)c(C(=O)N=[N+]=[N-])cc1I. The third kappa shape index (κ3) is 3.32. The molecule has 90 valence electrons. The summed E-state index contributed by atoms with van der Waals surface area (Å²) in [5.74, 6) is -1.47. The molecule has 0 atom stereocenters. The van der Waals surface area contributed by atoms with Crippen LogP contribution >= 0.6 is 45.2 Å². The van der Waals surface area contributed by atoms with Gasteiger partial charge in [0.2, 0.25) is 11.8 Å². The zero-order chi connectivity index (χ0) is 13.7. The van der Waals surface area contributed by atoms with Crippen molar-refractivity contribution in [2.75, 3.05) is 0 Å². The van der Waals surface area contributed by atoms with E-state index in [1.54, 1.807) is 0 Å². The van der Waals surface area contributed by atoms with Gasteiger partial charge in [0, 0.05) is 28.1 Å². The molecule has 0 aliphatic rings. The van der Waals surface area contributed by atoms with E-state index in [1.165, 1.54) is 12.1 Å². The number of azide groups is 2. The molecule has 0 spiro atoms. The van der Waals surface area contributed by atoms with E-state index >= 15 is 0 Å². The highest BCUT2D eigenvalue weighted by molar-refractivity contribution is 14.1. The number of rotatable bonds is 2. The van der Waals surface area contributed by atoms with E-state index in [-0.39, 0.29) is 11.1 Å². The molecule has 0 aromatic heterocycles. The van der Waals surface area contributed by atoms with E-state index in [9.17, 15) is 9.59 Å². The molecule has 0 heterocycles. The smallest absolute Gasteiger partial charge is 0.250 e. The van der Waals surface area contributed by atoms with Crippen LogP contribution in [0, 0.1) is 7.14 Å². The standard InChI is InChI=1S/C8H2I2N6O2/c9-5-1-3(7(17)13-15-11)6(10)2-4(5)8(18)14-16-12/h1-2H. The molecule has 0 bridgehead atoms. The Kier molecular flexibility index (Phi) is 5.34. The molecule has 0 aliphatic carbocycles. The summed E-state index contributed by atoms with van der Waals surface area (Å²) in [7, 11) is 0. The molecule has 2 amide bonds. The quantitative estimate of drug-likeness (QED) is 0.283. The lowest BCUT2D eigenvalue weighted by atomic mass is 10.1. The predicted molar refractivity (Wildman–Crippen MR) is 78.8 cm³/mol. The van der Waals surface area contributed by atoms with Crippen molar-refractivity contribution in [1.29, 1.82) is 0 Å². The van der Waals surface area contributed by atoms with Crippen LogP contribution in [-0.4, -0.2) is 11.8 Å². The first kappa shape index (κ1) is 14.7. The minimum absolute atomic E-state index is 0.190. The second kappa shape index (κ2) is 6.54.